The summed E-state index contributed by atoms with van der Waals surface area (Å²) in [6.07, 6.45) is 3.46. The first-order valence-electron chi connectivity index (χ1n) is 4.77. The van der Waals surface area contributed by atoms with Crippen molar-refractivity contribution in [2.45, 2.75) is 6.54 Å². The molecule has 9 nitrogen and oxygen atoms in total. The molecule has 3 N–H and O–H groups in total. The monoisotopic (exact) mass is 272 g/mol. The first-order chi connectivity index (χ1) is 8.48. The summed E-state index contributed by atoms with van der Waals surface area (Å²) in [5.41, 5.74) is 2.45. The fraction of sp³-hybridized carbons (Fsp3) is 0.375. The molecule has 18 heavy (non-hydrogen) atoms. The van der Waals surface area contributed by atoms with Crippen LogP contribution in [0, 0.1) is 11.3 Å². The summed E-state index contributed by atoms with van der Waals surface area (Å²) in [7, 11) is -3.50. The van der Waals surface area contributed by atoms with E-state index in [0.717, 1.165) is 6.26 Å². The maximum absolute atomic E-state index is 10.8. The van der Waals surface area contributed by atoms with Gasteiger partial charge < -0.3 is 5.43 Å². The lowest BCUT2D eigenvalue weighted by molar-refractivity contribution is 0.298. The van der Waals surface area contributed by atoms with E-state index in [1.165, 1.54) is 17.2 Å². The van der Waals surface area contributed by atoms with Crippen LogP contribution >= 0.6 is 0 Å². The standard InChI is InChI=1S/C8H12N6O3S/c1-18(15,16)17-3-2-14-8(11-6-12-10)7(4-9)5-13-14/h5-6H,2-3,10H2,1H3,(H,11,12). The van der Waals surface area contributed by atoms with E-state index in [-0.39, 0.29) is 24.5 Å². The molecule has 1 aromatic rings. The minimum Gasteiger partial charge on any atom is -0.315 e. The van der Waals surface area contributed by atoms with Crippen LogP contribution in [0.4, 0.5) is 5.82 Å². The van der Waals surface area contributed by atoms with E-state index in [4.69, 9.17) is 11.1 Å². The van der Waals surface area contributed by atoms with Crippen molar-refractivity contribution in [3.05, 3.63) is 11.8 Å². The molecule has 0 fully saturated rings. The van der Waals surface area contributed by atoms with Crippen molar-refractivity contribution in [3.63, 3.8) is 0 Å². The van der Waals surface area contributed by atoms with Gasteiger partial charge in [-0.2, -0.15) is 18.8 Å². The summed E-state index contributed by atoms with van der Waals surface area (Å²) in [4.78, 5) is 3.88. The van der Waals surface area contributed by atoms with E-state index in [1.807, 2.05) is 6.07 Å². The smallest absolute Gasteiger partial charge is 0.264 e. The van der Waals surface area contributed by atoms with E-state index < -0.39 is 10.1 Å². The van der Waals surface area contributed by atoms with Crippen molar-refractivity contribution in [1.82, 2.24) is 15.2 Å². The molecule has 0 unspecified atom stereocenters. The van der Waals surface area contributed by atoms with Crippen molar-refractivity contribution in [2.75, 3.05) is 12.9 Å². The minimum atomic E-state index is -3.50. The van der Waals surface area contributed by atoms with Crippen molar-refractivity contribution < 1.29 is 12.6 Å². The normalized spacial score (nSPS) is 11.6. The van der Waals surface area contributed by atoms with Crippen LogP contribution in [0.2, 0.25) is 0 Å². The Hall–Kier alpha value is -1.96. The Bertz CT molecular complexity index is 570. The summed E-state index contributed by atoms with van der Waals surface area (Å²) in [6.45, 7) is 0.0515. The van der Waals surface area contributed by atoms with Gasteiger partial charge >= 0.3 is 0 Å². The summed E-state index contributed by atoms with van der Waals surface area (Å²) >= 11 is 0. The van der Waals surface area contributed by atoms with Gasteiger partial charge in [-0.25, -0.2) is 15.5 Å². The Morgan fingerprint density at radius 2 is 2.50 bits per heavy atom. The van der Waals surface area contributed by atoms with Gasteiger partial charge in [-0.15, -0.1) is 0 Å². The molecule has 10 heteroatoms. The molecular weight excluding hydrogens is 260 g/mol. The number of nitriles is 1. The van der Waals surface area contributed by atoms with Crippen LogP contribution in [-0.4, -0.2) is 37.4 Å². The Morgan fingerprint density at radius 3 is 3.06 bits per heavy atom. The molecule has 0 saturated carbocycles. The van der Waals surface area contributed by atoms with Crippen LogP contribution in [0.3, 0.4) is 0 Å². The predicted octanol–water partition coefficient (Wildman–Crippen LogP) is -1.15. The maximum atomic E-state index is 10.8. The predicted molar refractivity (Wildman–Crippen MR) is 63.2 cm³/mol. The summed E-state index contributed by atoms with van der Waals surface area (Å²) in [5.74, 6) is 5.30. The van der Waals surface area contributed by atoms with Crippen LogP contribution in [0.1, 0.15) is 5.56 Å². The number of hydrazine groups is 1. The second-order valence-electron chi connectivity index (χ2n) is 3.17. The molecule has 0 aliphatic heterocycles. The summed E-state index contributed by atoms with van der Waals surface area (Å²) in [5, 5.41) is 12.7. The molecule has 1 aromatic heterocycles. The Balaban J connectivity index is 2.80. The first kappa shape index (κ1) is 14.1. The molecule has 0 aromatic carbocycles. The van der Waals surface area contributed by atoms with Crippen molar-refractivity contribution in [2.24, 2.45) is 10.8 Å². The molecule has 1 rings (SSSR count). The third-order valence-corrected chi connectivity index (χ3v) is 2.39. The van der Waals surface area contributed by atoms with Gasteiger partial charge in [0.1, 0.15) is 18.0 Å². The third-order valence-electron chi connectivity index (χ3n) is 1.79. The molecule has 0 aliphatic carbocycles. The van der Waals surface area contributed by atoms with Gasteiger partial charge in [0.05, 0.1) is 25.6 Å². The highest BCUT2D eigenvalue weighted by molar-refractivity contribution is 7.85. The number of hydrogen-bond acceptors (Lipinski definition) is 7. The second kappa shape index (κ2) is 6.10. The highest BCUT2D eigenvalue weighted by Gasteiger charge is 2.10. The van der Waals surface area contributed by atoms with Gasteiger partial charge in [0.2, 0.25) is 0 Å². The lowest BCUT2D eigenvalue weighted by atomic mass is 10.4. The number of nitrogens with one attached hydrogen (secondary N) is 1. The van der Waals surface area contributed by atoms with Crippen LogP contribution in [0.15, 0.2) is 11.2 Å². The average Bonchev–Trinajstić information content (AvgIpc) is 2.67. The highest BCUT2D eigenvalue weighted by atomic mass is 32.2. The third kappa shape index (κ3) is 4.13. The summed E-state index contributed by atoms with van der Waals surface area (Å²) in [6, 6.07) is 1.91. The molecule has 0 bridgehead atoms. The zero-order valence-corrected chi connectivity index (χ0v) is 10.4. The SMILES string of the molecule is CS(=O)(=O)OCCn1ncc(C#N)c1N=CNN. The molecule has 1 heterocycles. The number of aromatic nitrogens is 2. The topological polar surface area (TPSA) is 135 Å². The molecule has 0 saturated heterocycles. The van der Waals surface area contributed by atoms with Gasteiger partial charge in [0.25, 0.3) is 10.1 Å². The van der Waals surface area contributed by atoms with Gasteiger partial charge in [-0.1, -0.05) is 0 Å². The molecule has 0 amide bonds. The molecule has 0 radical (unpaired) electrons. The zero-order chi connectivity index (χ0) is 13.6. The number of nitrogens with zero attached hydrogens (tertiary/aromatic N) is 4. The Morgan fingerprint density at radius 1 is 1.78 bits per heavy atom. The average molecular weight is 272 g/mol. The largest absolute Gasteiger partial charge is 0.315 e. The lowest BCUT2D eigenvalue weighted by Crippen LogP contribution is -2.19. The van der Waals surface area contributed by atoms with E-state index in [0.29, 0.717) is 0 Å². The molecule has 98 valence electrons. The fourth-order valence-corrected chi connectivity index (χ4v) is 1.51. The first-order valence-corrected chi connectivity index (χ1v) is 6.58. The quantitative estimate of drug-likeness (QED) is 0.219. The van der Waals surface area contributed by atoms with E-state index in [2.05, 4.69) is 19.7 Å². The maximum Gasteiger partial charge on any atom is 0.264 e. The number of rotatable bonds is 6. The van der Waals surface area contributed by atoms with Crippen molar-refractivity contribution in [1.29, 1.82) is 5.26 Å². The molecular formula is C8H12N6O3S. The van der Waals surface area contributed by atoms with Crippen LogP contribution in [0.25, 0.3) is 0 Å². The highest BCUT2D eigenvalue weighted by Crippen LogP contribution is 2.17. The van der Waals surface area contributed by atoms with Gasteiger partial charge in [0.15, 0.2) is 5.82 Å². The Kier molecular flexibility index (Phi) is 4.78. The van der Waals surface area contributed by atoms with Gasteiger partial charge in [-0.3, -0.25) is 4.18 Å². The van der Waals surface area contributed by atoms with Crippen LogP contribution < -0.4 is 11.3 Å². The zero-order valence-electron chi connectivity index (χ0n) is 9.57. The minimum absolute atomic E-state index is 0.0933. The second-order valence-corrected chi connectivity index (χ2v) is 4.81. The van der Waals surface area contributed by atoms with E-state index in [1.54, 1.807) is 0 Å². The number of nitrogens with two attached hydrogens (primary N) is 1. The number of hydrogen-bond donors (Lipinski definition) is 2. The fourth-order valence-electron chi connectivity index (χ4n) is 1.13. The van der Waals surface area contributed by atoms with E-state index in [9.17, 15) is 8.42 Å². The molecule has 0 aliphatic rings. The summed E-state index contributed by atoms with van der Waals surface area (Å²) < 4.78 is 27.5. The van der Waals surface area contributed by atoms with Crippen LogP contribution in [0.5, 0.6) is 0 Å². The van der Waals surface area contributed by atoms with Gasteiger partial charge in [-0.05, 0) is 0 Å². The lowest BCUT2D eigenvalue weighted by Gasteiger charge is -2.04. The van der Waals surface area contributed by atoms with E-state index >= 15 is 0 Å². The Labute approximate surface area is 104 Å². The molecule has 0 spiro atoms. The van der Waals surface area contributed by atoms with Crippen LogP contribution in [-0.2, 0) is 20.8 Å². The van der Waals surface area contributed by atoms with Crippen molar-refractivity contribution >= 4 is 22.3 Å². The van der Waals surface area contributed by atoms with Crippen molar-refractivity contribution in [3.8, 4) is 6.07 Å². The number of aliphatic imine (C=N–C) groups is 1. The van der Waals surface area contributed by atoms with Gasteiger partial charge in [0, 0.05) is 0 Å². The molecule has 0 atom stereocenters.